The smallest absolute Gasteiger partial charge is 0.119 e. The summed E-state index contributed by atoms with van der Waals surface area (Å²) in [5.74, 6) is 15.7. The van der Waals surface area contributed by atoms with Crippen LogP contribution >= 0.6 is 0 Å². The fraction of sp³-hybridized carbons (Fsp3) is 0.548. The Morgan fingerprint density at radius 1 is 0.234 bits per heavy atom. The van der Waals surface area contributed by atoms with Gasteiger partial charge in [-0.1, -0.05) is 171 Å². The first-order valence-corrected chi connectivity index (χ1v) is 41.2. The highest BCUT2D eigenvalue weighted by atomic mass is 16.6. The van der Waals surface area contributed by atoms with Crippen molar-refractivity contribution in [1.29, 1.82) is 0 Å². The SMILES string of the molecule is C1CC2C3CCC(C3)C2C1.C1CC2C3CCC(C3)C2C1.CC.CC.CC.CC.c1cc(C(c2ccc(OCC3CO3)cc2)C(c2ccc(OCC3CO3)cc2)c2ccc(OCC3CO3)cc2)ccc1OCC1CO1.c1ccc(OCC2CO2)cc1.c1ccc(OCC2CO2)cc1.c1ccc(OCC2CO2)cc1. The van der Waals surface area contributed by atoms with Crippen LogP contribution in [-0.4, -0.2) is 135 Å². The predicted octanol–water partition coefficient (Wildman–Crippen LogP) is 19.9. The molecule has 7 aromatic rings. The Hall–Kier alpha value is -7.14. The summed E-state index contributed by atoms with van der Waals surface area (Å²) in [6.45, 7) is 26.0. The number of ether oxygens (including phenoxy) is 14. The van der Waals surface area contributed by atoms with Crippen molar-refractivity contribution in [1.82, 2.24) is 0 Å². The summed E-state index contributed by atoms with van der Waals surface area (Å²) < 4.78 is 76.5. The van der Waals surface area contributed by atoms with Crippen LogP contribution in [-0.2, 0) is 33.2 Å². The Labute approximate surface area is 640 Å². The van der Waals surface area contributed by atoms with E-state index in [1.807, 2.05) is 146 Å². The highest BCUT2D eigenvalue weighted by Crippen LogP contribution is 2.60. The van der Waals surface area contributed by atoms with Gasteiger partial charge < -0.3 is 66.3 Å². The second-order valence-electron chi connectivity index (χ2n) is 29.2. The van der Waals surface area contributed by atoms with Crippen LogP contribution in [0.1, 0.15) is 167 Å². The minimum Gasteiger partial charge on any atom is -0.491 e. The minimum absolute atomic E-state index is 0.0140. The van der Waals surface area contributed by atoms with Crippen LogP contribution in [0.25, 0.3) is 0 Å². The Morgan fingerprint density at radius 3 is 0.570 bits per heavy atom. The first-order chi connectivity index (χ1) is 53.0. The maximum atomic E-state index is 5.98. The van der Waals surface area contributed by atoms with E-state index in [0.717, 1.165) is 86.5 Å². The van der Waals surface area contributed by atoms with Gasteiger partial charge in [-0.15, -0.1) is 0 Å². The van der Waals surface area contributed by atoms with Crippen molar-refractivity contribution in [3.63, 3.8) is 0 Å². The zero-order valence-corrected chi connectivity index (χ0v) is 65.3. The zero-order valence-electron chi connectivity index (χ0n) is 65.3. The molecule has 7 saturated heterocycles. The molecule has 6 aliphatic carbocycles. The number of hydrogen-bond donors (Lipinski definition) is 0. The molecule has 107 heavy (non-hydrogen) atoms. The summed E-state index contributed by atoms with van der Waals surface area (Å²) in [4.78, 5) is 0. The Bertz CT molecular complexity index is 3070. The van der Waals surface area contributed by atoms with Gasteiger partial charge in [0.05, 0.1) is 46.2 Å². The molecule has 0 amide bonds. The number of rotatable bonds is 26. The summed E-state index contributed by atoms with van der Waals surface area (Å²) in [5.41, 5.74) is 4.71. The lowest BCUT2D eigenvalue weighted by Gasteiger charge is -2.30. The highest BCUT2D eigenvalue weighted by Gasteiger charge is 2.50. The zero-order chi connectivity index (χ0) is 74.4. The fourth-order valence-electron chi connectivity index (χ4n) is 16.3. The van der Waals surface area contributed by atoms with Crippen LogP contribution < -0.4 is 33.2 Å². The van der Waals surface area contributed by atoms with Gasteiger partial charge in [0, 0.05) is 11.8 Å². The van der Waals surface area contributed by atoms with Crippen molar-refractivity contribution in [2.24, 2.45) is 47.3 Å². The van der Waals surface area contributed by atoms with E-state index in [0.29, 0.717) is 64.6 Å². The molecule has 14 heteroatoms. The highest BCUT2D eigenvalue weighted by molar-refractivity contribution is 5.48. The van der Waals surface area contributed by atoms with E-state index in [1.54, 1.807) is 77.0 Å². The van der Waals surface area contributed by atoms with E-state index in [9.17, 15) is 0 Å². The third-order valence-corrected chi connectivity index (χ3v) is 22.1. The van der Waals surface area contributed by atoms with Crippen molar-refractivity contribution in [2.75, 3.05) is 92.5 Å². The lowest BCUT2D eigenvalue weighted by molar-refractivity contribution is 0.259. The standard InChI is InChI=1S/C38H38O8.2C10H16.3C9H10O2.4C2H6/c1-9-29(39-17-33-21-43-33)10-2-25(1)37(26-3-11-30(12-4-26)40-18-34-22-44-34)38(27-5-13-31(14-6-27)41-19-35-23-45-35)28-7-15-32(16-8-28)42-20-36-24-46-36;2*1-2-9-7-4-5-8(6-7)10(9)3-1;3*1-2-4-8(5-3-1)10-6-9-7-11-9;4*1-2/h1-16,33-38H,17-24H2;2*7-10H,1-6H2;3*1-5,9H,6-7H2;4*1-2H3. The molecule has 13 aliphatic rings. The molecule has 580 valence electrons. The lowest BCUT2D eigenvalue weighted by atomic mass is 9.73. The Kier molecular flexibility index (Phi) is 32.7. The second kappa shape index (κ2) is 43.3. The molecule has 4 bridgehead atoms. The monoisotopic (exact) mass is 1460 g/mol. The third-order valence-electron chi connectivity index (χ3n) is 22.1. The summed E-state index contributed by atoms with van der Waals surface area (Å²) in [6.07, 6.45) is 20.9. The average molecular weight is 1470 g/mol. The van der Waals surface area contributed by atoms with Gasteiger partial charge in [0.1, 0.15) is 129 Å². The number of fused-ring (bicyclic) bond motifs is 10. The molecule has 7 aliphatic heterocycles. The van der Waals surface area contributed by atoms with Crippen molar-refractivity contribution >= 4 is 0 Å². The molecule has 6 saturated carbocycles. The lowest BCUT2D eigenvalue weighted by Crippen LogP contribution is -2.15. The van der Waals surface area contributed by atoms with Crippen LogP contribution in [0.2, 0.25) is 0 Å². The van der Waals surface area contributed by atoms with E-state index < -0.39 is 0 Å². The summed E-state index contributed by atoms with van der Waals surface area (Å²) >= 11 is 0. The maximum absolute atomic E-state index is 5.98. The van der Waals surface area contributed by atoms with E-state index in [1.165, 1.54) is 69.6 Å². The van der Waals surface area contributed by atoms with E-state index in [-0.39, 0.29) is 36.3 Å². The number of benzene rings is 7. The van der Waals surface area contributed by atoms with Gasteiger partial charge in [-0.05, 0) is 219 Å². The van der Waals surface area contributed by atoms with Gasteiger partial charge in [-0.2, -0.15) is 0 Å². The normalized spacial score (nSPS) is 27.7. The first-order valence-electron chi connectivity index (χ1n) is 41.2. The van der Waals surface area contributed by atoms with Gasteiger partial charge in [0.15, 0.2) is 0 Å². The van der Waals surface area contributed by atoms with Gasteiger partial charge in [0.25, 0.3) is 0 Å². The van der Waals surface area contributed by atoms with E-state index in [2.05, 4.69) is 97.1 Å². The molecule has 0 radical (unpaired) electrons. The van der Waals surface area contributed by atoms with Crippen LogP contribution in [0.3, 0.4) is 0 Å². The fourth-order valence-corrected chi connectivity index (χ4v) is 16.3. The molecule has 13 fully saturated rings. The van der Waals surface area contributed by atoms with Gasteiger partial charge in [-0.25, -0.2) is 0 Å². The second-order valence-corrected chi connectivity index (χ2v) is 29.2. The Morgan fingerprint density at radius 2 is 0.402 bits per heavy atom. The number of hydrogen-bond acceptors (Lipinski definition) is 14. The Balaban J connectivity index is 0.000000149. The molecule has 0 aromatic heterocycles. The summed E-state index contributed by atoms with van der Waals surface area (Å²) in [7, 11) is 0. The number of para-hydroxylation sites is 3. The molecule has 15 unspecified atom stereocenters. The van der Waals surface area contributed by atoms with Crippen molar-refractivity contribution < 1.29 is 66.3 Å². The largest absolute Gasteiger partial charge is 0.491 e. The van der Waals surface area contributed by atoms with Gasteiger partial charge in [-0.3, -0.25) is 0 Å². The molecule has 20 rings (SSSR count). The average Bonchev–Trinajstić information content (AvgIpc) is 1.58. The molecule has 14 nitrogen and oxygen atoms in total. The molecule has 7 heterocycles. The van der Waals surface area contributed by atoms with Gasteiger partial charge >= 0.3 is 0 Å². The molecule has 0 N–H and O–H groups in total. The summed E-state index contributed by atoms with van der Waals surface area (Å²) in [6, 6.07) is 63.2. The number of epoxide rings is 7. The van der Waals surface area contributed by atoms with Gasteiger partial charge in [0.2, 0.25) is 0 Å². The van der Waals surface area contributed by atoms with Crippen molar-refractivity contribution in [3.05, 3.63) is 210 Å². The van der Waals surface area contributed by atoms with Crippen molar-refractivity contribution in [2.45, 2.75) is 187 Å². The van der Waals surface area contributed by atoms with Crippen LogP contribution in [0, 0.1) is 47.3 Å². The topological polar surface area (TPSA) is 152 Å². The molecule has 15 atom stereocenters. The molecule has 0 spiro atoms. The molecular formula is C93H124O14. The minimum atomic E-state index is -0.0140. The van der Waals surface area contributed by atoms with Crippen LogP contribution in [0.15, 0.2) is 188 Å². The van der Waals surface area contributed by atoms with Crippen molar-refractivity contribution in [3.8, 4) is 40.2 Å². The third kappa shape index (κ3) is 26.6. The molecule has 7 aromatic carbocycles. The van der Waals surface area contributed by atoms with E-state index in [4.69, 9.17) is 66.3 Å². The summed E-state index contributed by atoms with van der Waals surface area (Å²) in [5, 5.41) is 0. The first kappa shape index (κ1) is 80.9. The van der Waals surface area contributed by atoms with Crippen LogP contribution in [0.5, 0.6) is 40.2 Å². The predicted molar refractivity (Wildman–Crippen MR) is 424 cm³/mol. The molecular weight excluding hydrogens is 1340 g/mol. The van der Waals surface area contributed by atoms with Crippen LogP contribution in [0.4, 0.5) is 0 Å². The quantitative estimate of drug-likeness (QED) is 0.0473. The maximum Gasteiger partial charge on any atom is 0.119 e. The van der Waals surface area contributed by atoms with E-state index >= 15 is 0 Å².